The number of carbonyl (C=O) groups is 1. The second-order valence-corrected chi connectivity index (χ2v) is 6.90. The lowest BCUT2D eigenvalue weighted by Gasteiger charge is -2.23. The smallest absolute Gasteiger partial charge is 0.414 e. The Hall–Kier alpha value is -3.67. The first-order valence-electron chi connectivity index (χ1n) is 9.79. The largest absolute Gasteiger partial charge is 0.482 e. The highest BCUT2D eigenvalue weighted by Gasteiger charge is 2.23. The fourth-order valence-corrected chi connectivity index (χ4v) is 3.18. The molecule has 30 heavy (non-hydrogen) atoms. The number of ether oxygens (including phenoxy) is 4. The van der Waals surface area contributed by atoms with Gasteiger partial charge in [0, 0.05) is 20.0 Å². The summed E-state index contributed by atoms with van der Waals surface area (Å²) < 4.78 is 22.7. The number of para-hydroxylation sites is 2. The number of fused-ring (bicyclic) bond motifs is 1. The molecule has 3 aromatic carbocycles. The van der Waals surface area contributed by atoms with Crippen molar-refractivity contribution in [2.75, 3.05) is 20.4 Å². The average Bonchev–Trinajstić information content (AvgIpc) is 3.27. The first-order valence-corrected chi connectivity index (χ1v) is 9.79. The summed E-state index contributed by atoms with van der Waals surface area (Å²) in [4.78, 5) is 13.9. The van der Waals surface area contributed by atoms with Crippen LogP contribution in [0.3, 0.4) is 0 Å². The van der Waals surface area contributed by atoms with Gasteiger partial charge < -0.3 is 23.8 Å². The summed E-state index contributed by atoms with van der Waals surface area (Å²) in [6.07, 6.45) is -0.103. The molecule has 0 aliphatic carbocycles. The number of hydrogen-bond acceptors (Lipinski definition) is 5. The van der Waals surface area contributed by atoms with Gasteiger partial charge >= 0.3 is 6.09 Å². The van der Waals surface area contributed by atoms with Crippen LogP contribution in [0.25, 0.3) is 0 Å². The number of hydrogen-bond donors (Lipinski definition) is 0. The Bertz CT molecular complexity index is 977. The van der Waals surface area contributed by atoms with Gasteiger partial charge in [-0.3, -0.25) is 0 Å². The Morgan fingerprint density at radius 3 is 2.47 bits per heavy atom. The third-order valence-electron chi connectivity index (χ3n) is 4.79. The van der Waals surface area contributed by atoms with E-state index in [0.717, 1.165) is 5.56 Å². The van der Waals surface area contributed by atoms with E-state index in [2.05, 4.69) is 0 Å². The minimum absolute atomic E-state index is 0.180. The van der Waals surface area contributed by atoms with Gasteiger partial charge in [0.2, 0.25) is 12.5 Å². The van der Waals surface area contributed by atoms with E-state index in [1.165, 1.54) is 0 Å². The van der Waals surface area contributed by atoms with E-state index < -0.39 is 6.09 Å². The van der Waals surface area contributed by atoms with Crippen molar-refractivity contribution in [3.63, 3.8) is 0 Å². The van der Waals surface area contributed by atoms with Crippen molar-refractivity contribution in [1.29, 1.82) is 0 Å². The average molecular weight is 405 g/mol. The van der Waals surface area contributed by atoms with E-state index >= 15 is 0 Å². The second-order valence-electron chi connectivity index (χ2n) is 6.90. The molecule has 0 fully saturated rings. The van der Waals surface area contributed by atoms with Crippen molar-refractivity contribution in [2.24, 2.45) is 0 Å². The van der Waals surface area contributed by atoms with Gasteiger partial charge in [-0.15, -0.1) is 0 Å². The highest BCUT2D eigenvalue weighted by Crippen LogP contribution is 2.42. The third-order valence-corrected chi connectivity index (χ3v) is 4.79. The first-order chi connectivity index (χ1) is 14.7. The van der Waals surface area contributed by atoms with Crippen LogP contribution in [-0.2, 0) is 0 Å². The first kappa shape index (κ1) is 19.6. The lowest BCUT2D eigenvalue weighted by Crippen LogP contribution is -2.31. The molecule has 1 unspecified atom stereocenters. The molecule has 1 amide bonds. The SMILES string of the molecule is CN(CCC(Oc1cccc2c1OCO2)c1ccccc1)C(=O)Oc1ccccc1. The van der Waals surface area contributed by atoms with Crippen LogP contribution >= 0.6 is 0 Å². The minimum Gasteiger partial charge on any atom is -0.482 e. The van der Waals surface area contributed by atoms with Crippen LogP contribution in [0.1, 0.15) is 18.1 Å². The molecular weight excluding hydrogens is 382 g/mol. The van der Waals surface area contributed by atoms with Gasteiger partial charge in [0.15, 0.2) is 11.5 Å². The topological polar surface area (TPSA) is 57.2 Å². The van der Waals surface area contributed by atoms with Crippen molar-refractivity contribution in [2.45, 2.75) is 12.5 Å². The molecule has 1 aliphatic heterocycles. The Kier molecular flexibility index (Phi) is 6.03. The number of amides is 1. The highest BCUT2D eigenvalue weighted by atomic mass is 16.7. The van der Waals surface area contributed by atoms with Crippen LogP contribution in [0.2, 0.25) is 0 Å². The fourth-order valence-electron chi connectivity index (χ4n) is 3.18. The Labute approximate surface area is 175 Å². The molecule has 0 bridgehead atoms. The molecular formula is C24H23NO5. The number of carbonyl (C=O) groups excluding carboxylic acids is 1. The summed E-state index contributed by atoms with van der Waals surface area (Å²) >= 11 is 0. The minimum atomic E-state index is -0.412. The normalized spacial score (nSPS) is 12.8. The van der Waals surface area contributed by atoms with Crippen molar-refractivity contribution in [3.05, 3.63) is 84.4 Å². The van der Waals surface area contributed by atoms with Gasteiger partial charge in [-0.2, -0.15) is 0 Å². The monoisotopic (exact) mass is 405 g/mol. The van der Waals surface area contributed by atoms with E-state index in [9.17, 15) is 4.79 Å². The van der Waals surface area contributed by atoms with Gasteiger partial charge in [0.25, 0.3) is 0 Å². The predicted molar refractivity (Wildman–Crippen MR) is 112 cm³/mol. The molecule has 1 heterocycles. The molecule has 6 heteroatoms. The van der Waals surface area contributed by atoms with Gasteiger partial charge in [-0.05, 0) is 29.8 Å². The maximum Gasteiger partial charge on any atom is 0.414 e. The molecule has 1 aliphatic rings. The molecule has 0 saturated carbocycles. The summed E-state index contributed by atoms with van der Waals surface area (Å²) in [5.41, 5.74) is 1.01. The molecule has 154 valence electrons. The lowest BCUT2D eigenvalue weighted by atomic mass is 10.1. The van der Waals surface area contributed by atoms with Crippen molar-refractivity contribution in [3.8, 4) is 23.0 Å². The van der Waals surface area contributed by atoms with Crippen LogP contribution < -0.4 is 18.9 Å². The van der Waals surface area contributed by atoms with E-state index in [1.54, 1.807) is 24.1 Å². The zero-order chi connectivity index (χ0) is 20.8. The summed E-state index contributed by atoms with van der Waals surface area (Å²) in [6, 6.07) is 24.5. The van der Waals surface area contributed by atoms with Crippen LogP contribution in [0.15, 0.2) is 78.9 Å². The summed E-state index contributed by atoms with van der Waals surface area (Å²) in [7, 11) is 1.71. The van der Waals surface area contributed by atoms with Gasteiger partial charge in [-0.25, -0.2) is 4.79 Å². The molecule has 0 spiro atoms. The van der Waals surface area contributed by atoms with Crippen molar-refractivity contribution in [1.82, 2.24) is 4.90 Å². The van der Waals surface area contributed by atoms with E-state index in [-0.39, 0.29) is 12.9 Å². The zero-order valence-electron chi connectivity index (χ0n) is 16.7. The predicted octanol–water partition coefficient (Wildman–Crippen LogP) is 5.06. The van der Waals surface area contributed by atoms with E-state index in [1.807, 2.05) is 66.7 Å². The van der Waals surface area contributed by atoms with Crippen LogP contribution in [0.4, 0.5) is 4.79 Å². The van der Waals surface area contributed by atoms with E-state index in [4.69, 9.17) is 18.9 Å². The maximum absolute atomic E-state index is 12.4. The third kappa shape index (κ3) is 4.66. The van der Waals surface area contributed by atoms with Crippen LogP contribution in [0, 0.1) is 0 Å². The van der Waals surface area contributed by atoms with Gasteiger partial charge in [0.05, 0.1) is 0 Å². The molecule has 4 rings (SSSR count). The molecule has 0 saturated heterocycles. The van der Waals surface area contributed by atoms with Crippen molar-refractivity contribution < 1.29 is 23.7 Å². The van der Waals surface area contributed by atoms with Crippen LogP contribution in [0.5, 0.6) is 23.0 Å². The standard InChI is InChI=1S/C24H23NO5/c1-25(24(26)29-19-11-6-3-7-12-19)16-15-20(18-9-4-2-5-10-18)30-22-14-8-13-21-23(22)28-17-27-21/h2-14,20H,15-17H2,1H3. The molecule has 0 radical (unpaired) electrons. The Morgan fingerprint density at radius 1 is 0.967 bits per heavy atom. The molecule has 1 atom stereocenters. The summed E-state index contributed by atoms with van der Waals surface area (Å²) in [5.74, 6) is 2.41. The summed E-state index contributed by atoms with van der Waals surface area (Å²) in [6.45, 7) is 0.636. The van der Waals surface area contributed by atoms with Crippen LogP contribution in [-0.4, -0.2) is 31.4 Å². The van der Waals surface area contributed by atoms with E-state index in [0.29, 0.717) is 36.0 Å². The quantitative estimate of drug-likeness (QED) is 0.550. The maximum atomic E-state index is 12.4. The summed E-state index contributed by atoms with van der Waals surface area (Å²) in [5, 5.41) is 0. The van der Waals surface area contributed by atoms with Gasteiger partial charge in [-0.1, -0.05) is 54.6 Å². The molecule has 6 nitrogen and oxygen atoms in total. The molecule has 3 aromatic rings. The van der Waals surface area contributed by atoms with Gasteiger partial charge in [0.1, 0.15) is 11.9 Å². The van der Waals surface area contributed by atoms with Crippen molar-refractivity contribution >= 4 is 6.09 Å². The Balaban J connectivity index is 1.45. The lowest BCUT2D eigenvalue weighted by molar-refractivity contribution is 0.139. The Morgan fingerprint density at radius 2 is 1.70 bits per heavy atom. The fraction of sp³-hybridized carbons (Fsp3) is 0.208. The zero-order valence-corrected chi connectivity index (χ0v) is 16.7. The number of benzene rings is 3. The number of nitrogens with zero attached hydrogens (tertiary/aromatic N) is 1. The molecule has 0 aromatic heterocycles. The highest BCUT2D eigenvalue weighted by molar-refractivity contribution is 5.70. The molecule has 0 N–H and O–H groups in total. The number of rotatable bonds is 7. The second kappa shape index (κ2) is 9.22.